The third kappa shape index (κ3) is 6.79. The predicted octanol–water partition coefficient (Wildman–Crippen LogP) is 2.85. The number of ether oxygens (including phenoxy) is 1. The lowest BCUT2D eigenvalue weighted by Crippen LogP contribution is -2.45. The lowest BCUT2D eigenvalue weighted by molar-refractivity contribution is -0.124. The summed E-state index contributed by atoms with van der Waals surface area (Å²) in [4.78, 5) is 12.2. The fraction of sp³-hybridized carbons (Fsp3) is 0.941. The molecule has 0 radical (unpaired) electrons. The molecule has 4 heteroatoms. The van der Waals surface area contributed by atoms with Crippen LogP contribution in [0.15, 0.2) is 0 Å². The summed E-state index contributed by atoms with van der Waals surface area (Å²) in [7, 11) is 0. The van der Waals surface area contributed by atoms with Crippen LogP contribution < -0.4 is 11.1 Å². The SMILES string of the molecule is CC1(C)CC(NC(=O)CCC(CCN)C(C)(C)C)CCO1. The Balaban J connectivity index is 2.39. The van der Waals surface area contributed by atoms with Gasteiger partial charge in [-0.05, 0) is 57.4 Å². The molecule has 1 aliphatic rings. The van der Waals surface area contributed by atoms with Gasteiger partial charge in [0.1, 0.15) is 0 Å². The predicted molar refractivity (Wildman–Crippen MR) is 87.0 cm³/mol. The topological polar surface area (TPSA) is 64.4 Å². The Morgan fingerprint density at radius 2 is 2.05 bits per heavy atom. The maximum absolute atomic E-state index is 12.2. The summed E-state index contributed by atoms with van der Waals surface area (Å²) in [6, 6.07) is 0.254. The van der Waals surface area contributed by atoms with E-state index in [0.717, 1.165) is 32.3 Å². The minimum absolute atomic E-state index is 0.121. The van der Waals surface area contributed by atoms with Crippen molar-refractivity contribution >= 4 is 5.91 Å². The highest BCUT2D eigenvalue weighted by atomic mass is 16.5. The first-order valence-electron chi connectivity index (χ1n) is 8.27. The summed E-state index contributed by atoms with van der Waals surface area (Å²) in [5, 5.41) is 3.17. The highest BCUT2D eigenvalue weighted by molar-refractivity contribution is 5.76. The second kappa shape index (κ2) is 7.59. The maximum Gasteiger partial charge on any atom is 0.220 e. The van der Waals surface area contributed by atoms with Gasteiger partial charge >= 0.3 is 0 Å². The van der Waals surface area contributed by atoms with Crippen molar-refractivity contribution in [2.45, 2.75) is 78.4 Å². The van der Waals surface area contributed by atoms with Gasteiger partial charge in [-0.2, -0.15) is 0 Å². The number of hydrogen-bond donors (Lipinski definition) is 2. The molecule has 0 aromatic rings. The molecule has 21 heavy (non-hydrogen) atoms. The van der Waals surface area contributed by atoms with Gasteiger partial charge in [0, 0.05) is 19.1 Å². The fourth-order valence-corrected chi connectivity index (χ4v) is 3.17. The lowest BCUT2D eigenvalue weighted by atomic mass is 9.76. The molecule has 0 spiro atoms. The second-order valence-corrected chi connectivity index (χ2v) is 8.04. The Hall–Kier alpha value is -0.610. The average Bonchev–Trinajstić information content (AvgIpc) is 2.31. The smallest absolute Gasteiger partial charge is 0.220 e. The maximum atomic E-state index is 12.2. The molecule has 1 saturated heterocycles. The number of carbonyl (C=O) groups is 1. The van der Waals surface area contributed by atoms with E-state index in [4.69, 9.17) is 10.5 Å². The van der Waals surface area contributed by atoms with Gasteiger partial charge in [-0.3, -0.25) is 4.79 Å². The lowest BCUT2D eigenvalue weighted by Gasteiger charge is -2.36. The Bertz CT molecular complexity index is 334. The van der Waals surface area contributed by atoms with Gasteiger partial charge in [-0.1, -0.05) is 20.8 Å². The molecule has 0 aromatic heterocycles. The molecular weight excluding hydrogens is 264 g/mol. The number of rotatable bonds is 6. The molecule has 3 N–H and O–H groups in total. The molecule has 2 atom stereocenters. The largest absolute Gasteiger partial charge is 0.375 e. The molecule has 1 heterocycles. The highest BCUT2D eigenvalue weighted by Crippen LogP contribution is 2.32. The number of amides is 1. The van der Waals surface area contributed by atoms with Crippen LogP contribution in [-0.4, -0.2) is 30.7 Å². The van der Waals surface area contributed by atoms with Gasteiger partial charge < -0.3 is 15.8 Å². The van der Waals surface area contributed by atoms with Crippen LogP contribution in [0.1, 0.15) is 66.7 Å². The summed E-state index contributed by atoms with van der Waals surface area (Å²) in [6.45, 7) is 12.3. The van der Waals surface area contributed by atoms with E-state index in [1.54, 1.807) is 0 Å². The Morgan fingerprint density at radius 3 is 2.57 bits per heavy atom. The van der Waals surface area contributed by atoms with E-state index in [1.807, 2.05) is 0 Å². The molecule has 1 aliphatic heterocycles. The minimum atomic E-state index is -0.121. The molecule has 0 aliphatic carbocycles. The van der Waals surface area contributed by atoms with Gasteiger partial charge in [-0.25, -0.2) is 0 Å². The monoisotopic (exact) mass is 298 g/mol. The normalized spacial score (nSPS) is 23.6. The standard InChI is InChI=1S/C17H34N2O2/c1-16(2,3)13(8-10-18)6-7-15(20)19-14-9-11-21-17(4,5)12-14/h13-14H,6-12,18H2,1-5H3,(H,19,20). The summed E-state index contributed by atoms with van der Waals surface area (Å²) < 4.78 is 5.69. The van der Waals surface area contributed by atoms with Gasteiger partial charge in [0.15, 0.2) is 0 Å². The molecule has 4 nitrogen and oxygen atoms in total. The number of carbonyl (C=O) groups excluding carboxylic acids is 1. The van der Waals surface area contributed by atoms with Crippen LogP contribution in [0.25, 0.3) is 0 Å². The molecular formula is C17H34N2O2. The van der Waals surface area contributed by atoms with Crippen molar-refractivity contribution in [1.29, 1.82) is 0 Å². The number of nitrogens with one attached hydrogen (secondary N) is 1. The zero-order chi connectivity index (χ0) is 16.1. The Labute approximate surface area is 130 Å². The summed E-state index contributed by atoms with van der Waals surface area (Å²) in [6.07, 6.45) is 4.31. The van der Waals surface area contributed by atoms with Gasteiger partial charge in [0.2, 0.25) is 5.91 Å². The van der Waals surface area contributed by atoms with Crippen LogP contribution in [0.3, 0.4) is 0 Å². The van der Waals surface area contributed by atoms with Crippen LogP contribution in [0.4, 0.5) is 0 Å². The van der Waals surface area contributed by atoms with E-state index < -0.39 is 0 Å². The molecule has 2 unspecified atom stereocenters. The van der Waals surface area contributed by atoms with Gasteiger partial charge in [0.25, 0.3) is 0 Å². The van der Waals surface area contributed by atoms with Gasteiger partial charge in [-0.15, -0.1) is 0 Å². The van der Waals surface area contributed by atoms with Crippen LogP contribution in [0, 0.1) is 11.3 Å². The van der Waals surface area contributed by atoms with Crippen LogP contribution in [0.5, 0.6) is 0 Å². The van der Waals surface area contributed by atoms with E-state index in [2.05, 4.69) is 39.9 Å². The first-order valence-corrected chi connectivity index (χ1v) is 8.27. The molecule has 124 valence electrons. The summed E-state index contributed by atoms with van der Waals surface area (Å²) in [5.74, 6) is 0.670. The van der Waals surface area contributed by atoms with E-state index in [9.17, 15) is 4.79 Å². The van der Waals surface area contributed by atoms with E-state index in [0.29, 0.717) is 18.9 Å². The third-order valence-electron chi connectivity index (χ3n) is 4.52. The van der Waals surface area contributed by atoms with Crippen molar-refractivity contribution in [3.05, 3.63) is 0 Å². The number of hydrogen-bond acceptors (Lipinski definition) is 3. The Kier molecular flexibility index (Phi) is 6.67. The van der Waals surface area contributed by atoms with E-state index >= 15 is 0 Å². The van der Waals surface area contributed by atoms with Crippen molar-refractivity contribution in [1.82, 2.24) is 5.32 Å². The molecule has 1 amide bonds. The fourth-order valence-electron chi connectivity index (χ4n) is 3.17. The van der Waals surface area contributed by atoms with Crippen LogP contribution in [0.2, 0.25) is 0 Å². The molecule has 1 fully saturated rings. The molecule has 0 saturated carbocycles. The quantitative estimate of drug-likeness (QED) is 0.792. The van der Waals surface area contributed by atoms with E-state index in [-0.39, 0.29) is 23.0 Å². The Morgan fingerprint density at radius 1 is 1.38 bits per heavy atom. The van der Waals surface area contributed by atoms with Crippen molar-refractivity contribution in [3.8, 4) is 0 Å². The van der Waals surface area contributed by atoms with Crippen molar-refractivity contribution in [3.63, 3.8) is 0 Å². The molecule has 0 aromatic carbocycles. The highest BCUT2D eigenvalue weighted by Gasteiger charge is 2.30. The average molecular weight is 298 g/mol. The van der Waals surface area contributed by atoms with Crippen LogP contribution in [-0.2, 0) is 9.53 Å². The minimum Gasteiger partial charge on any atom is -0.375 e. The van der Waals surface area contributed by atoms with Crippen molar-refractivity contribution in [2.24, 2.45) is 17.1 Å². The summed E-state index contributed by atoms with van der Waals surface area (Å²) in [5.41, 5.74) is 5.78. The first kappa shape index (κ1) is 18.4. The zero-order valence-corrected chi connectivity index (χ0v) is 14.5. The zero-order valence-electron chi connectivity index (χ0n) is 14.5. The molecule has 0 bridgehead atoms. The molecule has 1 rings (SSSR count). The van der Waals surface area contributed by atoms with Gasteiger partial charge in [0.05, 0.1) is 5.60 Å². The summed E-state index contributed by atoms with van der Waals surface area (Å²) >= 11 is 0. The van der Waals surface area contributed by atoms with Crippen molar-refractivity contribution < 1.29 is 9.53 Å². The first-order chi connectivity index (χ1) is 9.64. The van der Waals surface area contributed by atoms with Crippen molar-refractivity contribution in [2.75, 3.05) is 13.2 Å². The third-order valence-corrected chi connectivity index (χ3v) is 4.52. The second-order valence-electron chi connectivity index (χ2n) is 8.04. The number of nitrogens with two attached hydrogens (primary N) is 1. The van der Waals surface area contributed by atoms with Crippen LogP contribution >= 0.6 is 0 Å². The van der Waals surface area contributed by atoms with E-state index in [1.165, 1.54) is 0 Å².